The number of anilines is 1. The smallest absolute Gasteiger partial charge is 0.231 e. The summed E-state index contributed by atoms with van der Waals surface area (Å²) in [4.78, 5) is 5.16. The van der Waals surface area contributed by atoms with E-state index in [-0.39, 0.29) is 12.7 Å². The lowest BCUT2D eigenvalue weighted by Crippen LogP contribution is -1.92. The Balaban J connectivity index is 1.87. The first kappa shape index (κ1) is 12.2. The Labute approximate surface area is 124 Å². The normalized spacial score (nSPS) is 12.8. The maximum absolute atomic E-state index is 5.95. The largest absolute Gasteiger partial charge is 0.454 e. The molecule has 0 saturated carbocycles. The molecular weight excluding hydrogens is 290 g/mol. The molecule has 0 bridgehead atoms. The fourth-order valence-corrected chi connectivity index (χ4v) is 3.04. The first-order valence-corrected chi connectivity index (χ1v) is 7.12. The first-order valence-electron chi connectivity index (χ1n) is 6.30. The third kappa shape index (κ3) is 1.93. The molecule has 7 heteroatoms. The van der Waals surface area contributed by atoms with Crippen LogP contribution in [0.4, 0.5) is 5.88 Å². The summed E-state index contributed by atoms with van der Waals surface area (Å²) in [6.07, 6.45) is 1.77. The van der Waals surface area contributed by atoms with Crippen molar-refractivity contribution in [3.8, 4) is 33.2 Å². The van der Waals surface area contributed by atoms with Gasteiger partial charge in [-0.1, -0.05) is 11.2 Å². The number of ether oxygens (including phenoxy) is 2. The highest BCUT2D eigenvalue weighted by Crippen LogP contribution is 2.42. The molecule has 6 nitrogen and oxygen atoms in total. The van der Waals surface area contributed by atoms with E-state index in [2.05, 4.69) is 10.1 Å². The van der Waals surface area contributed by atoms with Crippen molar-refractivity contribution in [3.05, 3.63) is 29.4 Å². The summed E-state index contributed by atoms with van der Waals surface area (Å²) < 4.78 is 15.9. The quantitative estimate of drug-likeness (QED) is 0.783. The molecule has 1 aromatic carbocycles. The molecule has 2 aromatic heterocycles. The number of aromatic nitrogens is 2. The number of hydrogen-bond acceptors (Lipinski definition) is 7. The fraction of sp³-hybridized carbons (Fsp3) is 0.143. The van der Waals surface area contributed by atoms with E-state index in [0.717, 1.165) is 26.8 Å². The van der Waals surface area contributed by atoms with Crippen molar-refractivity contribution in [2.45, 2.75) is 6.92 Å². The SMILES string of the molecule is Cc1ncc(-c2noc(N)c2-c2ccc3c(c2)OCO3)s1. The Hall–Kier alpha value is -2.54. The van der Waals surface area contributed by atoms with Gasteiger partial charge < -0.3 is 19.7 Å². The molecule has 3 heterocycles. The molecule has 21 heavy (non-hydrogen) atoms. The van der Waals surface area contributed by atoms with Gasteiger partial charge in [-0.15, -0.1) is 11.3 Å². The number of nitrogen functional groups attached to an aromatic ring is 1. The zero-order chi connectivity index (χ0) is 14.4. The summed E-state index contributed by atoms with van der Waals surface area (Å²) in [5.74, 6) is 1.69. The average Bonchev–Trinajstić information content (AvgIpc) is 3.17. The summed E-state index contributed by atoms with van der Waals surface area (Å²) >= 11 is 1.54. The number of benzene rings is 1. The zero-order valence-corrected chi connectivity index (χ0v) is 11.9. The van der Waals surface area contributed by atoms with Crippen LogP contribution in [0.1, 0.15) is 5.01 Å². The standard InChI is InChI=1S/C14H11N3O3S/c1-7-16-5-11(21-7)13-12(14(15)20-17-13)8-2-3-9-10(4-8)19-6-18-9/h2-5H,6,15H2,1H3. The predicted octanol–water partition coefficient (Wildman–Crippen LogP) is 3.08. The van der Waals surface area contributed by atoms with Crippen molar-refractivity contribution >= 4 is 17.2 Å². The van der Waals surface area contributed by atoms with Crippen LogP contribution in [0.5, 0.6) is 11.5 Å². The number of thiazole rings is 1. The van der Waals surface area contributed by atoms with Crippen molar-refractivity contribution in [1.29, 1.82) is 0 Å². The molecule has 0 unspecified atom stereocenters. The molecule has 1 aliphatic rings. The third-order valence-corrected chi connectivity index (χ3v) is 4.15. The second-order valence-electron chi connectivity index (χ2n) is 4.58. The van der Waals surface area contributed by atoms with Gasteiger partial charge in [-0.3, -0.25) is 0 Å². The van der Waals surface area contributed by atoms with Gasteiger partial charge in [-0.2, -0.15) is 0 Å². The van der Waals surface area contributed by atoms with Gasteiger partial charge in [-0.25, -0.2) is 4.98 Å². The van der Waals surface area contributed by atoms with E-state index in [1.54, 1.807) is 17.5 Å². The summed E-state index contributed by atoms with van der Waals surface area (Å²) in [7, 11) is 0. The molecule has 0 spiro atoms. The molecule has 0 radical (unpaired) electrons. The van der Waals surface area contributed by atoms with Crippen LogP contribution in [0, 0.1) is 6.92 Å². The molecule has 2 N–H and O–H groups in total. The second kappa shape index (κ2) is 4.49. The summed E-state index contributed by atoms with van der Waals surface area (Å²) in [6.45, 7) is 2.18. The molecule has 0 atom stereocenters. The molecule has 3 aromatic rings. The van der Waals surface area contributed by atoms with Gasteiger partial charge in [0.1, 0.15) is 5.69 Å². The minimum absolute atomic E-state index is 0.235. The van der Waals surface area contributed by atoms with Gasteiger partial charge in [0.25, 0.3) is 0 Å². The van der Waals surface area contributed by atoms with E-state index < -0.39 is 0 Å². The number of nitrogens with zero attached hydrogens (tertiary/aromatic N) is 2. The van der Waals surface area contributed by atoms with E-state index in [4.69, 9.17) is 19.7 Å². The van der Waals surface area contributed by atoms with E-state index in [9.17, 15) is 0 Å². The Morgan fingerprint density at radius 2 is 2.10 bits per heavy atom. The van der Waals surface area contributed by atoms with E-state index in [1.807, 2.05) is 25.1 Å². The van der Waals surface area contributed by atoms with Gasteiger partial charge in [0.2, 0.25) is 12.7 Å². The molecule has 0 aliphatic carbocycles. The highest BCUT2D eigenvalue weighted by atomic mass is 32.1. The molecule has 0 amide bonds. The van der Waals surface area contributed by atoms with Crippen molar-refractivity contribution < 1.29 is 14.0 Å². The van der Waals surface area contributed by atoms with Crippen LogP contribution in [0.2, 0.25) is 0 Å². The van der Waals surface area contributed by atoms with Crippen LogP contribution in [0.15, 0.2) is 28.9 Å². The van der Waals surface area contributed by atoms with Crippen molar-refractivity contribution in [2.75, 3.05) is 12.5 Å². The second-order valence-corrected chi connectivity index (χ2v) is 5.82. The molecule has 1 aliphatic heterocycles. The van der Waals surface area contributed by atoms with Crippen molar-refractivity contribution in [2.24, 2.45) is 0 Å². The number of rotatable bonds is 2. The first-order chi connectivity index (χ1) is 10.2. The minimum Gasteiger partial charge on any atom is -0.454 e. The molecule has 0 saturated heterocycles. The number of fused-ring (bicyclic) bond motifs is 1. The lowest BCUT2D eigenvalue weighted by atomic mass is 10.0. The third-order valence-electron chi connectivity index (χ3n) is 3.23. The van der Waals surface area contributed by atoms with E-state index in [0.29, 0.717) is 11.4 Å². The van der Waals surface area contributed by atoms with Gasteiger partial charge >= 0.3 is 0 Å². The summed E-state index contributed by atoms with van der Waals surface area (Å²) in [6, 6.07) is 5.64. The zero-order valence-electron chi connectivity index (χ0n) is 11.1. The van der Waals surface area contributed by atoms with Crippen LogP contribution in [0.3, 0.4) is 0 Å². The van der Waals surface area contributed by atoms with Gasteiger partial charge in [0.15, 0.2) is 11.5 Å². The topological polar surface area (TPSA) is 83.4 Å². The molecular formula is C14H11N3O3S. The Morgan fingerprint density at radius 1 is 1.24 bits per heavy atom. The highest BCUT2D eigenvalue weighted by molar-refractivity contribution is 7.15. The Morgan fingerprint density at radius 3 is 2.90 bits per heavy atom. The highest BCUT2D eigenvalue weighted by Gasteiger charge is 2.22. The van der Waals surface area contributed by atoms with Crippen LogP contribution in [0.25, 0.3) is 21.7 Å². The molecule has 4 rings (SSSR count). The van der Waals surface area contributed by atoms with Crippen LogP contribution in [-0.4, -0.2) is 16.9 Å². The summed E-state index contributed by atoms with van der Waals surface area (Å²) in [5.41, 5.74) is 8.26. The van der Waals surface area contributed by atoms with Gasteiger partial charge in [0.05, 0.1) is 15.4 Å². The summed E-state index contributed by atoms with van der Waals surface area (Å²) in [5, 5.41) is 5.03. The predicted molar refractivity (Wildman–Crippen MR) is 78.3 cm³/mol. The monoisotopic (exact) mass is 301 g/mol. The van der Waals surface area contributed by atoms with E-state index in [1.165, 1.54) is 0 Å². The van der Waals surface area contributed by atoms with Crippen molar-refractivity contribution in [1.82, 2.24) is 10.1 Å². The van der Waals surface area contributed by atoms with Gasteiger partial charge in [-0.05, 0) is 24.6 Å². The number of aryl methyl sites for hydroxylation is 1. The fourth-order valence-electron chi connectivity index (χ4n) is 2.27. The maximum atomic E-state index is 5.95. The van der Waals surface area contributed by atoms with Crippen LogP contribution < -0.4 is 15.2 Å². The average molecular weight is 301 g/mol. The van der Waals surface area contributed by atoms with Crippen LogP contribution in [-0.2, 0) is 0 Å². The van der Waals surface area contributed by atoms with Crippen LogP contribution >= 0.6 is 11.3 Å². The minimum atomic E-state index is 0.235. The Kier molecular flexibility index (Phi) is 2.61. The molecule has 106 valence electrons. The van der Waals surface area contributed by atoms with E-state index >= 15 is 0 Å². The number of nitrogens with two attached hydrogens (primary N) is 1. The Bertz CT molecular complexity index is 825. The molecule has 0 fully saturated rings. The lowest BCUT2D eigenvalue weighted by molar-refractivity contribution is 0.174. The number of hydrogen-bond donors (Lipinski definition) is 1. The van der Waals surface area contributed by atoms with Gasteiger partial charge in [0, 0.05) is 6.20 Å². The van der Waals surface area contributed by atoms with Crippen molar-refractivity contribution in [3.63, 3.8) is 0 Å². The lowest BCUT2D eigenvalue weighted by Gasteiger charge is -2.03. The maximum Gasteiger partial charge on any atom is 0.231 e.